The van der Waals surface area contributed by atoms with Crippen molar-refractivity contribution >= 4 is 5.91 Å². The van der Waals surface area contributed by atoms with Crippen molar-refractivity contribution in [2.24, 2.45) is 5.92 Å². The topological polar surface area (TPSA) is 41.1 Å². The Morgan fingerprint density at radius 1 is 1.42 bits per heavy atom. The Hall–Kier alpha value is -1.35. The first-order valence-corrected chi connectivity index (χ1v) is 7.28. The molecule has 2 atom stereocenters. The fourth-order valence-corrected chi connectivity index (χ4v) is 2.60. The van der Waals surface area contributed by atoms with Gasteiger partial charge < -0.3 is 10.6 Å². The van der Waals surface area contributed by atoms with Crippen molar-refractivity contribution < 1.29 is 4.79 Å². The van der Waals surface area contributed by atoms with E-state index in [4.69, 9.17) is 0 Å². The van der Waals surface area contributed by atoms with Gasteiger partial charge in [0.2, 0.25) is 5.91 Å². The van der Waals surface area contributed by atoms with Gasteiger partial charge in [0.15, 0.2) is 0 Å². The van der Waals surface area contributed by atoms with Gasteiger partial charge in [-0.2, -0.15) is 0 Å². The highest BCUT2D eigenvalue weighted by atomic mass is 16.1. The van der Waals surface area contributed by atoms with E-state index in [1.54, 1.807) is 0 Å². The lowest BCUT2D eigenvalue weighted by Gasteiger charge is -2.22. The van der Waals surface area contributed by atoms with Gasteiger partial charge in [-0.1, -0.05) is 37.3 Å². The third kappa shape index (κ3) is 4.67. The fourth-order valence-electron chi connectivity index (χ4n) is 2.60. The molecule has 3 nitrogen and oxygen atoms in total. The molecule has 1 saturated heterocycles. The van der Waals surface area contributed by atoms with Crippen LogP contribution in [0.3, 0.4) is 0 Å². The number of hydrogen-bond acceptors (Lipinski definition) is 2. The number of nitrogens with one attached hydrogen (secondary N) is 2. The van der Waals surface area contributed by atoms with Gasteiger partial charge in [-0.15, -0.1) is 0 Å². The zero-order chi connectivity index (χ0) is 13.5. The van der Waals surface area contributed by atoms with Crippen LogP contribution in [0.5, 0.6) is 0 Å². The van der Waals surface area contributed by atoms with Crippen LogP contribution in [0.4, 0.5) is 0 Å². The van der Waals surface area contributed by atoms with Crippen LogP contribution in [0.15, 0.2) is 30.3 Å². The van der Waals surface area contributed by atoms with Gasteiger partial charge in [0.05, 0.1) is 0 Å². The van der Waals surface area contributed by atoms with Crippen LogP contribution in [0.1, 0.15) is 37.7 Å². The summed E-state index contributed by atoms with van der Waals surface area (Å²) in [7, 11) is 0. The standard InChI is InChI=1S/C16H24N2O/c1-13(15-7-3-2-4-8-15)11-18-16(19)10-14-6-5-9-17-12-14/h2-4,7-8,13-14,17H,5-6,9-12H2,1H3,(H,18,19). The lowest BCUT2D eigenvalue weighted by molar-refractivity contribution is -0.122. The molecule has 19 heavy (non-hydrogen) atoms. The van der Waals surface area contributed by atoms with Gasteiger partial charge in [0.25, 0.3) is 0 Å². The summed E-state index contributed by atoms with van der Waals surface area (Å²) in [6, 6.07) is 10.3. The van der Waals surface area contributed by atoms with E-state index in [2.05, 4.69) is 29.7 Å². The highest BCUT2D eigenvalue weighted by Gasteiger charge is 2.17. The second kappa shape index (κ2) is 7.29. The molecule has 1 aliphatic rings. The predicted octanol–water partition coefficient (Wildman–Crippen LogP) is 2.30. The maximum atomic E-state index is 11.9. The van der Waals surface area contributed by atoms with Gasteiger partial charge in [-0.3, -0.25) is 4.79 Å². The lowest BCUT2D eigenvalue weighted by Crippen LogP contribution is -2.35. The van der Waals surface area contributed by atoms with Crippen LogP contribution in [0, 0.1) is 5.92 Å². The Morgan fingerprint density at radius 3 is 2.89 bits per heavy atom. The van der Waals surface area contributed by atoms with Crippen molar-refractivity contribution in [2.75, 3.05) is 19.6 Å². The highest BCUT2D eigenvalue weighted by Crippen LogP contribution is 2.15. The summed E-state index contributed by atoms with van der Waals surface area (Å²) in [5, 5.41) is 6.41. The fraction of sp³-hybridized carbons (Fsp3) is 0.562. The molecule has 2 rings (SSSR count). The van der Waals surface area contributed by atoms with E-state index in [-0.39, 0.29) is 5.91 Å². The molecule has 2 unspecified atom stereocenters. The summed E-state index contributed by atoms with van der Waals surface area (Å²) in [4.78, 5) is 11.9. The van der Waals surface area contributed by atoms with E-state index < -0.39 is 0 Å². The van der Waals surface area contributed by atoms with Crippen molar-refractivity contribution in [2.45, 2.75) is 32.1 Å². The van der Waals surface area contributed by atoms with E-state index in [1.807, 2.05) is 18.2 Å². The number of piperidine rings is 1. The molecule has 1 aromatic carbocycles. The average Bonchev–Trinajstić information content (AvgIpc) is 2.47. The SMILES string of the molecule is CC(CNC(=O)CC1CCCNC1)c1ccccc1. The Balaban J connectivity index is 1.71. The van der Waals surface area contributed by atoms with Crippen LogP contribution < -0.4 is 10.6 Å². The molecular weight excluding hydrogens is 236 g/mol. The number of rotatable bonds is 5. The molecule has 1 aliphatic heterocycles. The number of carbonyl (C=O) groups is 1. The van der Waals surface area contributed by atoms with Gasteiger partial charge >= 0.3 is 0 Å². The largest absolute Gasteiger partial charge is 0.355 e. The average molecular weight is 260 g/mol. The van der Waals surface area contributed by atoms with Gasteiger partial charge in [-0.05, 0) is 43.3 Å². The van der Waals surface area contributed by atoms with E-state index in [0.29, 0.717) is 18.3 Å². The van der Waals surface area contributed by atoms with Crippen LogP contribution >= 0.6 is 0 Å². The monoisotopic (exact) mass is 260 g/mol. The predicted molar refractivity (Wildman–Crippen MR) is 78.1 cm³/mol. The van der Waals surface area contributed by atoms with Gasteiger partial charge in [0.1, 0.15) is 0 Å². The van der Waals surface area contributed by atoms with Crippen LogP contribution in [0.2, 0.25) is 0 Å². The van der Waals surface area contributed by atoms with Crippen LogP contribution in [-0.4, -0.2) is 25.5 Å². The van der Waals surface area contributed by atoms with E-state index in [0.717, 1.165) is 19.6 Å². The quantitative estimate of drug-likeness (QED) is 0.853. The Bertz CT molecular complexity index is 385. The summed E-state index contributed by atoms with van der Waals surface area (Å²) in [6.45, 7) is 4.96. The molecule has 3 heteroatoms. The summed E-state index contributed by atoms with van der Waals surface area (Å²) >= 11 is 0. The Kier molecular flexibility index (Phi) is 5.40. The summed E-state index contributed by atoms with van der Waals surface area (Å²) < 4.78 is 0. The molecule has 0 aliphatic carbocycles. The molecular formula is C16H24N2O. The molecule has 0 spiro atoms. The molecule has 1 aromatic rings. The van der Waals surface area contributed by atoms with Crippen molar-refractivity contribution in [3.8, 4) is 0 Å². The van der Waals surface area contributed by atoms with E-state index >= 15 is 0 Å². The molecule has 1 fully saturated rings. The maximum Gasteiger partial charge on any atom is 0.220 e. The van der Waals surface area contributed by atoms with Crippen molar-refractivity contribution in [3.05, 3.63) is 35.9 Å². The molecule has 0 bridgehead atoms. The van der Waals surface area contributed by atoms with Crippen molar-refractivity contribution in [1.29, 1.82) is 0 Å². The summed E-state index contributed by atoms with van der Waals surface area (Å²) in [6.07, 6.45) is 3.03. The number of hydrogen-bond donors (Lipinski definition) is 2. The number of amides is 1. The minimum absolute atomic E-state index is 0.191. The molecule has 0 saturated carbocycles. The minimum atomic E-state index is 0.191. The molecule has 2 N–H and O–H groups in total. The maximum absolute atomic E-state index is 11.9. The first-order chi connectivity index (χ1) is 9.25. The first-order valence-electron chi connectivity index (χ1n) is 7.28. The van der Waals surface area contributed by atoms with E-state index in [9.17, 15) is 4.79 Å². The molecule has 0 radical (unpaired) electrons. The first kappa shape index (κ1) is 14.1. The zero-order valence-corrected chi connectivity index (χ0v) is 11.7. The molecule has 1 amide bonds. The number of carbonyl (C=O) groups excluding carboxylic acids is 1. The number of benzene rings is 1. The van der Waals surface area contributed by atoms with Crippen molar-refractivity contribution in [1.82, 2.24) is 10.6 Å². The third-order valence-electron chi connectivity index (χ3n) is 3.85. The molecule has 1 heterocycles. The minimum Gasteiger partial charge on any atom is -0.355 e. The Labute approximate surface area is 115 Å². The normalized spacial score (nSPS) is 20.8. The molecule has 104 valence electrons. The smallest absolute Gasteiger partial charge is 0.220 e. The second-order valence-electron chi connectivity index (χ2n) is 5.53. The van der Waals surface area contributed by atoms with Crippen LogP contribution in [-0.2, 0) is 4.79 Å². The highest BCUT2D eigenvalue weighted by molar-refractivity contribution is 5.76. The van der Waals surface area contributed by atoms with E-state index in [1.165, 1.54) is 18.4 Å². The van der Waals surface area contributed by atoms with Gasteiger partial charge in [-0.25, -0.2) is 0 Å². The van der Waals surface area contributed by atoms with Crippen LogP contribution in [0.25, 0.3) is 0 Å². The second-order valence-corrected chi connectivity index (χ2v) is 5.53. The summed E-state index contributed by atoms with van der Waals surface area (Å²) in [5.74, 6) is 1.08. The van der Waals surface area contributed by atoms with Gasteiger partial charge in [0, 0.05) is 13.0 Å². The third-order valence-corrected chi connectivity index (χ3v) is 3.85. The molecule has 0 aromatic heterocycles. The lowest BCUT2D eigenvalue weighted by atomic mass is 9.95. The summed E-state index contributed by atoms with van der Waals surface area (Å²) in [5.41, 5.74) is 1.28. The van der Waals surface area contributed by atoms with Crippen molar-refractivity contribution in [3.63, 3.8) is 0 Å². The Morgan fingerprint density at radius 2 is 2.21 bits per heavy atom. The zero-order valence-electron chi connectivity index (χ0n) is 11.7.